The van der Waals surface area contributed by atoms with Crippen molar-refractivity contribution in [2.24, 2.45) is 0 Å². The quantitative estimate of drug-likeness (QED) is 0.669. The molecule has 8 heteroatoms. The van der Waals surface area contributed by atoms with Crippen molar-refractivity contribution >= 4 is 17.5 Å². The average molecular weight is 485 g/mol. The summed E-state index contributed by atoms with van der Waals surface area (Å²) in [6.07, 6.45) is 8.65. The van der Waals surface area contributed by atoms with Crippen molar-refractivity contribution in [3.05, 3.63) is 24.3 Å². The molecule has 35 heavy (non-hydrogen) atoms. The Morgan fingerprint density at radius 1 is 0.943 bits per heavy atom. The van der Waals surface area contributed by atoms with Crippen LogP contribution in [0.25, 0.3) is 0 Å². The number of anilines is 1. The maximum Gasteiger partial charge on any atom is 0.265 e. The number of nitrogens with zero attached hydrogens (tertiary/aromatic N) is 3. The van der Waals surface area contributed by atoms with Gasteiger partial charge >= 0.3 is 0 Å². The lowest BCUT2D eigenvalue weighted by Crippen LogP contribution is -2.60. The molecular formula is C27H40N4O4. The van der Waals surface area contributed by atoms with Crippen LogP contribution < -0.4 is 15.0 Å². The number of carbonyl (C=O) groups is 2. The molecule has 2 amide bonds. The largest absolute Gasteiger partial charge is 0.477 e. The second kappa shape index (κ2) is 11.2. The van der Waals surface area contributed by atoms with Crippen molar-refractivity contribution in [1.82, 2.24) is 15.1 Å². The molecule has 0 spiro atoms. The number of nitrogens with one attached hydrogen (secondary N) is 1. The second-order valence-electron chi connectivity index (χ2n) is 10.5. The Balaban J connectivity index is 1.24. The summed E-state index contributed by atoms with van der Waals surface area (Å²) in [5.41, 5.74) is 0.916. The van der Waals surface area contributed by atoms with E-state index in [0.29, 0.717) is 18.8 Å². The molecule has 0 radical (unpaired) electrons. The lowest BCUT2D eigenvalue weighted by atomic mass is 9.79. The van der Waals surface area contributed by atoms with Crippen LogP contribution in [0.3, 0.4) is 0 Å². The van der Waals surface area contributed by atoms with Gasteiger partial charge in [0.15, 0.2) is 6.10 Å². The predicted molar refractivity (Wildman–Crippen MR) is 135 cm³/mol. The highest BCUT2D eigenvalue weighted by Crippen LogP contribution is 2.35. The minimum atomic E-state index is -0.575. The highest BCUT2D eigenvalue weighted by molar-refractivity contribution is 5.86. The third-order valence-corrected chi connectivity index (χ3v) is 8.22. The van der Waals surface area contributed by atoms with Gasteiger partial charge in [-0.3, -0.25) is 14.5 Å². The molecule has 0 bridgehead atoms. The molecule has 1 aliphatic carbocycles. The van der Waals surface area contributed by atoms with Gasteiger partial charge in [0.1, 0.15) is 5.75 Å². The standard InChI is InChI=1S/C27H40N4O4/c32-25(28-21-27(11-5-1-6-12-27)31-15-17-34-18-16-31)20-30-19-24(26(33)29-13-7-2-8-14-29)35-23-10-4-3-9-22(23)30/h3-4,9-10,24H,1-2,5-8,11-21H2,(H,28,32). The zero-order chi connectivity index (χ0) is 24.1. The van der Waals surface area contributed by atoms with Gasteiger partial charge in [-0.25, -0.2) is 0 Å². The number of likely N-dealkylation sites (tertiary alicyclic amines) is 1. The van der Waals surface area contributed by atoms with Crippen molar-refractivity contribution < 1.29 is 19.1 Å². The number of hydrogen-bond acceptors (Lipinski definition) is 6. The highest BCUT2D eigenvalue weighted by atomic mass is 16.5. The third-order valence-electron chi connectivity index (χ3n) is 8.22. The predicted octanol–water partition coefficient (Wildman–Crippen LogP) is 2.42. The van der Waals surface area contributed by atoms with Crippen LogP contribution in [0.15, 0.2) is 24.3 Å². The molecule has 0 aromatic heterocycles. The monoisotopic (exact) mass is 484 g/mol. The number of fused-ring (bicyclic) bond motifs is 1. The number of para-hydroxylation sites is 2. The Hall–Kier alpha value is -2.32. The molecule has 2 saturated heterocycles. The van der Waals surface area contributed by atoms with Crippen LogP contribution in [0.1, 0.15) is 51.4 Å². The van der Waals surface area contributed by atoms with E-state index in [0.717, 1.165) is 70.8 Å². The molecule has 3 heterocycles. The van der Waals surface area contributed by atoms with Gasteiger partial charge in [-0.2, -0.15) is 0 Å². The summed E-state index contributed by atoms with van der Waals surface area (Å²) in [7, 11) is 0. The number of morpholine rings is 1. The topological polar surface area (TPSA) is 74.4 Å². The number of ether oxygens (including phenoxy) is 2. The third kappa shape index (κ3) is 5.59. The molecule has 8 nitrogen and oxygen atoms in total. The fraction of sp³-hybridized carbons (Fsp3) is 0.704. The summed E-state index contributed by atoms with van der Waals surface area (Å²) in [5, 5.41) is 3.28. The first-order valence-corrected chi connectivity index (χ1v) is 13.5. The summed E-state index contributed by atoms with van der Waals surface area (Å²) in [4.78, 5) is 32.9. The SMILES string of the molecule is O=C(CN1CC(C(=O)N2CCCCC2)Oc2ccccc21)NCC1(N2CCOCC2)CCCCC1. The molecule has 1 atom stereocenters. The summed E-state index contributed by atoms with van der Waals surface area (Å²) in [5.74, 6) is 0.723. The lowest BCUT2D eigenvalue weighted by Gasteiger charge is -2.48. The number of rotatable bonds is 6. The highest BCUT2D eigenvalue weighted by Gasteiger charge is 2.39. The Labute approximate surface area is 208 Å². The van der Waals surface area contributed by atoms with Gasteiger partial charge in [0.2, 0.25) is 5.91 Å². The summed E-state index contributed by atoms with van der Waals surface area (Å²) >= 11 is 0. The van der Waals surface area contributed by atoms with Gasteiger partial charge in [0, 0.05) is 38.3 Å². The maximum absolute atomic E-state index is 13.2. The number of benzene rings is 1. The number of piperidine rings is 1. The van der Waals surface area contributed by atoms with Crippen molar-refractivity contribution in [2.75, 3.05) is 63.9 Å². The molecule has 192 valence electrons. The van der Waals surface area contributed by atoms with E-state index >= 15 is 0 Å². The van der Waals surface area contributed by atoms with Crippen LogP contribution in [0.2, 0.25) is 0 Å². The smallest absolute Gasteiger partial charge is 0.265 e. The van der Waals surface area contributed by atoms with Gasteiger partial charge in [-0.15, -0.1) is 0 Å². The van der Waals surface area contributed by atoms with Crippen molar-refractivity contribution in [3.8, 4) is 5.75 Å². The minimum Gasteiger partial charge on any atom is -0.477 e. The van der Waals surface area contributed by atoms with E-state index in [4.69, 9.17) is 9.47 Å². The zero-order valence-electron chi connectivity index (χ0n) is 20.9. The summed E-state index contributed by atoms with van der Waals surface area (Å²) in [6, 6.07) is 7.74. The molecule has 1 N–H and O–H groups in total. The van der Waals surface area contributed by atoms with Crippen molar-refractivity contribution in [3.63, 3.8) is 0 Å². The van der Waals surface area contributed by atoms with Gasteiger partial charge in [0.25, 0.3) is 5.91 Å². The molecule has 4 aliphatic rings. The first-order chi connectivity index (χ1) is 17.1. The van der Waals surface area contributed by atoms with Crippen LogP contribution in [-0.4, -0.2) is 92.3 Å². The number of amides is 2. The Morgan fingerprint density at radius 3 is 2.43 bits per heavy atom. The number of hydrogen-bond donors (Lipinski definition) is 1. The van der Waals surface area contributed by atoms with E-state index < -0.39 is 6.10 Å². The summed E-state index contributed by atoms with van der Waals surface area (Å²) in [6.45, 7) is 6.31. The molecule has 3 fully saturated rings. The molecular weight excluding hydrogens is 444 g/mol. The van der Waals surface area contributed by atoms with Crippen LogP contribution in [0, 0.1) is 0 Å². The zero-order valence-corrected chi connectivity index (χ0v) is 20.9. The Morgan fingerprint density at radius 2 is 1.66 bits per heavy atom. The normalized spacial score (nSPS) is 24.9. The van der Waals surface area contributed by atoms with E-state index in [-0.39, 0.29) is 23.9 Å². The Kier molecular flexibility index (Phi) is 7.78. The molecule has 3 aliphatic heterocycles. The molecule has 1 aromatic rings. The van der Waals surface area contributed by atoms with Crippen LogP contribution in [-0.2, 0) is 14.3 Å². The van der Waals surface area contributed by atoms with Gasteiger partial charge in [0.05, 0.1) is 32.0 Å². The fourth-order valence-electron chi connectivity index (χ4n) is 6.25. The van der Waals surface area contributed by atoms with E-state index in [2.05, 4.69) is 10.2 Å². The van der Waals surface area contributed by atoms with E-state index in [1.807, 2.05) is 34.1 Å². The van der Waals surface area contributed by atoms with E-state index in [9.17, 15) is 9.59 Å². The fourth-order valence-corrected chi connectivity index (χ4v) is 6.25. The van der Waals surface area contributed by atoms with Gasteiger partial charge < -0.3 is 24.6 Å². The summed E-state index contributed by atoms with van der Waals surface area (Å²) < 4.78 is 11.7. The first kappa shape index (κ1) is 24.4. The Bertz CT molecular complexity index is 876. The molecule has 1 aromatic carbocycles. The van der Waals surface area contributed by atoms with Crippen molar-refractivity contribution in [2.45, 2.75) is 63.0 Å². The van der Waals surface area contributed by atoms with E-state index in [1.54, 1.807) is 0 Å². The van der Waals surface area contributed by atoms with Crippen LogP contribution >= 0.6 is 0 Å². The molecule has 5 rings (SSSR count). The van der Waals surface area contributed by atoms with Crippen LogP contribution in [0.5, 0.6) is 5.75 Å². The maximum atomic E-state index is 13.2. The van der Waals surface area contributed by atoms with Crippen LogP contribution in [0.4, 0.5) is 5.69 Å². The number of carbonyl (C=O) groups excluding carboxylic acids is 2. The van der Waals surface area contributed by atoms with E-state index in [1.165, 1.54) is 25.7 Å². The molecule has 1 saturated carbocycles. The van der Waals surface area contributed by atoms with Crippen molar-refractivity contribution in [1.29, 1.82) is 0 Å². The first-order valence-electron chi connectivity index (χ1n) is 13.5. The average Bonchev–Trinajstić information content (AvgIpc) is 2.93. The van der Waals surface area contributed by atoms with Gasteiger partial charge in [-0.1, -0.05) is 31.4 Å². The lowest BCUT2D eigenvalue weighted by molar-refractivity contribution is -0.139. The van der Waals surface area contributed by atoms with Gasteiger partial charge in [-0.05, 0) is 44.2 Å². The minimum absolute atomic E-state index is 0.00378. The molecule has 1 unspecified atom stereocenters. The second-order valence-corrected chi connectivity index (χ2v) is 10.5.